The standard InChI is InChI=1S/C17H27NO/c1-4-12-18-16(15-9-7-6-8-13(15)3)17(19-5-2)14-10-11-14/h6-9,14,16-18H,4-5,10-12H2,1-3H3. The smallest absolute Gasteiger partial charge is 0.0797 e. The highest BCUT2D eigenvalue weighted by molar-refractivity contribution is 5.30. The Hall–Kier alpha value is -0.860. The van der Waals surface area contributed by atoms with Gasteiger partial charge in [-0.05, 0) is 56.7 Å². The van der Waals surface area contributed by atoms with Gasteiger partial charge in [0.15, 0.2) is 0 Å². The molecule has 0 radical (unpaired) electrons. The van der Waals surface area contributed by atoms with E-state index in [0.717, 1.165) is 25.5 Å². The zero-order chi connectivity index (χ0) is 13.7. The predicted molar refractivity (Wildman–Crippen MR) is 80.4 cm³/mol. The molecule has 2 atom stereocenters. The van der Waals surface area contributed by atoms with E-state index in [1.54, 1.807) is 0 Å². The lowest BCUT2D eigenvalue weighted by Crippen LogP contribution is -2.36. The molecular weight excluding hydrogens is 234 g/mol. The second kappa shape index (κ2) is 7.06. The van der Waals surface area contributed by atoms with E-state index in [2.05, 4.69) is 50.4 Å². The number of ether oxygens (including phenoxy) is 1. The molecule has 1 aromatic carbocycles. The van der Waals surface area contributed by atoms with Gasteiger partial charge in [0.1, 0.15) is 0 Å². The van der Waals surface area contributed by atoms with Gasteiger partial charge in [-0.3, -0.25) is 0 Å². The molecule has 1 N–H and O–H groups in total. The van der Waals surface area contributed by atoms with E-state index in [1.165, 1.54) is 24.0 Å². The second-order valence-corrected chi connectivity index (χ2v) is 5.55. The van der Waals surface area contributed by atoms with Gasteiger partial charge in [-0.2, -0.15) is 0 Å². The van der Waals surface area contributed by atoms with Gasteiger partial charge < -0.3 is 10.1 Å². The maximum absolute atomic E-state index is 6.07. The largest absolute Gasteiger partial charge is 0.376 e. The van der Waals surface area contributed by atoms with Crippen LogP contribution in [-0.2, 0) is 4.74 Å². The number of aryl methyl sites for hydroxylation is 1. The highest BCUT2D eigenvalue weighted by atomic mass is 16.5. The first-order valence-corrected chi connectivity index (χ1v) is 7.68. The molecule has 106 valence electrons. The fourth-order valence-corrected chi connectivity index (χ4v) is 2.76. The number of benzene rings is 1. The fraction of sp³-hybridized carbons (Fsp3) is 0.647. The van der Waals surface area contributed by atoms with Crippen molar-refractivity contribution < 1.29 is 4.74 Å². The van der Waals surface area contributed by atoms with Crippen molar-refractivity contribution in [2.75, 3.05) is 13.2 Å². The zero-order valence-corrected chi connectivity index (χ0v) is 12.5. The predicted octanol–water partition coefficient (Wildman–Crippen LogP) is 3.85. The van der Waals surface area contributed by atoms with Crippen LogP contribution in [0.3, 0.4) is 0 Å². The van der Waals surface area contributed by atoms with Crippen LogP contribution in [0.5, 0.6) is 0 Å². The third-order valence-electron chi connectivity index (χ3n) is 3.91. The van der Waals surface area contributed by atoms with Crippen LogP contribution in [-0.4, -0.2) is 19.3 Å². The number of hydrogen-bond donors (Lipinski definition) is 1. The lowest BCUT2D eigenvalue weighted by molar-refractivity contribution is 0.0184. The second-order valence-electron chi connectivity index (χ2n) is 5.55. The lowest BCUT2D eigenvalue weighted by atomic mass is 9.94. The Balaban J connectivity index is 2.20. The van der Waals surface area contributed by atoms with E-state index in [0.29, 0.717) is 12.1 Å². The van der Waals surface area contributed by atoms with Crippen LogP contribution in [0.15, 0.2) is 24.3 Å². The first-order chi connectivity index (χ1) is 9.27. The van der Waals surface area contributed by atoms with Crippen molar-refractivity contribution in [3.05, 3.63) is 35.4 Å². The normalized spacial score (nSPS) is 18.3. The maximum atomic E-state index is 6.07. The molecule has 1 saturated carbocycles. The molecule has 2 nitrogen and oxygen atoms in total. The SMILES string of the molecule is CCCNC(c1ccccc1C)C(OCC)C1CC1. The first-order valence-electron chi connectivity index (χ1n) is 7.68. The van der Waals surface area contributed by atoms with E-state index in [-0.39, 0.29) is 0 Å². The van der Waals surface area contributed by atoms with Gasteiger partial charge in [0.05, 0.1) is 12.1 Å². The molecule has 0 aromatic heterocycles. The molecule has 1 aliphatic carbocycles. The average molecular weight is 261 g/mol. The molecule has 2 unspecified atom stereocenters. The van der Waals surface area contributed by atoms with E-state index >= 15 is 0 Å². The summed E-state index contributed by atoms with van der Waals surface area (Å²) in [6.45, 7) is 8.37. The van der Waals surface area contributed by atoms with Crippen molar-refractivity contribution in [1.82, 2.24) is 5.32 Å². The Morgan fingerprint density at radius 2 is 2.00 bits per heavy atom. The molecule has 1 fully saturated rings. The zero-order valence-electron chi connectivity index (χ0n) is 12.5. The molecule has 0 heterocycles. The summed E-state index contributed by atoms with van der Waals surface area (Å²) < 4.78 is 6.07. The van der Waals surface area contributed by atoms with Gasteiger partial charge in [-0.1, -0.05) is 31.2 Å². The molecule has 2 rings (SSSR count). The van der Waals surface area contributed by atoms with Crippen LogP contribution in [0.1, 0.15) is 50.3 Å². The summed E-state index contributed by atoms with van der Waals surface area (Å²) in [4.78, 5) is 0. The molecule has 0 saturated heterocycles. The summed E-state index contributed by atoms with van der Waals surface area (Å²) in [6.07, 6.45) is 4.13. The van der Waals surface area contributed by atoms with Gasteiger partial charge in [-0.25, -0.2) is 0 Å². The summed E-state index contributed by atoms with van der Waals surface area (Å²) in [5.74, 6) is 0.744. The van der Waals surface area contributed by atoms with Crippen LogP contribution in [0.25, 0.3) is 0 Å². The maximum Gasteiger partial charge on any atom is 0.0797 e. The van der Waals surface area contributed by atoms with Crippen molar-refractivity contribution in [2.24, 2.45) is 5.92 Å². The molecule has 1 aromatic rings. The topological polar surface area (TPSA) is 21.3 Å². The van der Waals surface area contributed by atoms with Gasteiger partial charge in [0.25, 0.3) is 0 Å². The first kappa shape index (κ1) is 14.5. The molecule has 0 amide bonds. The number of hydrogen-bond acceptors (Lipinski definition) is 2. The molecule has 2 heteroatoms. The summed E-state index contributed by atoms with van der Waals surface area (Å²) in [6, 6.07) is 9.04. The van der Waals surface area contributed by atoms with Crippen molar-refractivity contribution >= 4 is 0 Å². The monoisotopic (exact) mass is 261 g/mol. The highest BCUT2D eigenvalue weighted by Crippen LogP contribution is 2.40. The summed E-state index contributed by atoms with van der Waals surface area (Å²) in [7, 11) is 0. The van der Waals surface area contributed by atoms with Crippen molar-refractivity contribution in [3.8, 4) is 0 Å². The van der Waals surface area contributed by atoms with Crippen LogP contribution in [0.2, 0.25) is 0 Å². The molecule has 0 spiro atoms. The minimum absolute atomic E-state index is 0.331. The van der Waals surface area contributed by atoms with Crippen LogP contribution < -0.4 is 5.32 Å². The van der Waals surface area contributed by atoms with Crippen LogP contribution in [0, 0.1) is 12.8 Å². The molecule has 1 aliphatic rings. The van der Waals surface area contributed by atoms with E-state index in [9.17, 15) is 0 Å². The summed E-state index contributed by atoms with van der Waals surface area (Å²) >= 11 is 0. The van der Waals surface area contributed by atoms with E-state index in [1.807, 2.05) is 0 Å². The van der Waals surface area contributed by atoms with E-state index < -0.39 is 0 Å². The Bertz CT molecular complexity index is 387. The quantitative estimate of drug-likeness (QED) is 0.767. The minimum Gasteiger partial charge on any atom is -0.376 e. The number of nitrogens with one attached hydrogen (secondary N) is 1. The Morgan fingerprint density at radius 3 is 2.58 bits per heavy atom. The Morgan fingerprint density at radius 1 is 1.26 bits per heavy atom. The minimum atomic E-state index is 0.331. The van der Waals surface area contributed by atoms with Gasteiger partial charge in [0.2, 0.25) is 0 Å². The van der Waals surface area contributed by atoms with Gasteiger partial charge in [-0.15, -0.1) is 0 Å². The lowest BCUT2D eigenvalue weighted by Gasteiger charge is -2.29. The average Bonchev–Trinajstić information content (AvgIpc) is 3.24. The molecule has 19 heavy (non-hydrogen) atoms. The van der Waals surface area contributed by atoms with Crippen LogP contribution in [0.4, 0.5) is 0 Å². The summed E-state index contributed by atoms with van der Waals surface area (Å²) in [5.41, 5.74) is 2.77. The van der Waals surface area contributed by atoms with Gasteiger partial charge >= 0.3 is 0 Å². The van der Waals surface area contributed by atoms with Crippen molar-refractivity contribution in [2.45, 2.75) is 52.2 Å². The third-order valence-corrected chi connectivity index (χ3v) is 3.91. The fourth-order valence-electron chi connectivity index (χ4n) is 2.76. The van der Waals surface area contributed by atoms with Crippen molar-refractivity contribution in [3.63, 3.8) is 0 Å². The third kappa shape index (κ3) is 3.80. The molecular formula is C17H27NO. The highest BCUT2D eigenvalue weighted by Gasteiger charge is 2.38. The molecule has 0 aliphatic heterocycles. The summed E-state index contributed by atoms with van der Waals surface area (Å²) in [5, 5.41) is 3.71. The molecule has 0 bridgehead atoms. The number of rotatable bonds is 8. The Kier molecular flexibility index (Phi) is 5.41. The van der Waals surface area contributed by atoms with E-state index in [4.69, 9.17) is 4.74 Å². The van der Waals surface area contributed by atoms with Crippen LogP contribution >= 0.6 is 0 Å². The van der Waals surface area contributed by atoms with Crippen molar-refractivity contribution in [1.29, 1.82) is 0 Å². The van der Waals surface area contributed by atoms with Gasteiger partial charge in [0, 0.05) is 6.61 Å². The Labute approximate surface area is 117 Å².